The topological polar surface area (TPSA) is 75.9 Å². The molecule has 1 saturated heterocycles. The second-order valence-corrected chi connectivity index (χ2v) is 6.84. The quantitative estimate of drug-likeness (QED) is 0.841. The molecule has 7 nitrogen and oxygen atoms in total. The molecule has 1 N–H and O–H groups in total. The first kappa shape index (κ1) is 16.1. The van der Waals surface area contributed by atoms with Gasteiger partial charge in [0.1, 0.15) is 0 Å². The highest BCUT2D eigenvalue weighted by atomic mass is 35.5. The van der Waals surface area contributed by atoms with E-state index in [1.165, 1.54) is 0 Å². The summed E-state index contributed by atoms with van der Waals surface area (Å²) in [5, 5.41) is 3.22. The maximum absolute atomic E-state index is 12.1. The Hall–Kier alpha value is -2.41. The first-order chi connectivity index (χ1) is 12.1. The summed E-state index contributed by atoms with van der Waals surface area (Å²) in [7, 11) is 0. The third kappa shape index (κ3) is 3.11. The zero-order valence-corrected chi connectivity index (χ0v) is 14.5. The van der Waals surface area contributed by atoms with Gasteiger partial charge in [0.15, 0.2) is 0 Å². The molecule has 25 heavy (non-hydrogen) atoms. The van der Waals surface area contributed by atoms with Crippen LogP contribution < -0.4 is 15.8 Å². The second kappa shape index (κ2) is 6.48. The van der Waals surface area contributed by atoms with E-state index in [1.54, 1.807) is 12.1 Å². The molecule has 4 rings (SSSR count). The lowest BCUT2D eigenvalue weighted by Crippen LogP contribution is -2.47. The van der Waals surface area contributed by atoms with Gasteiger partial charge in [-0.25, -0.2) is 0 Å². The van der Waals surface area contributed by atoms with Gasteiger partial charge in [0.25, 0.3) is 5.56 Å². The number of pyridine rings is 1. The average Bonchev–Trinajstić information content (AvgIpc) is 2.60. The summed E-state index contributed by atoms with van der Waals surface area (Å²) < 4.78 is 1.91. The molecular weight excluding hydrogens is 340 g/mol. The summed E-state index contributed by atoms with van der Waals surface area (Å²) in [4.78, 5) is 27.2. The zero-order valence-electron chi connectivity index (χ0n) is 13.7. The van der Waals surface area contributed by atoms with Crippen molar-refractivity contribution in [1.82, 2.24) is 19.5 Å². The zero-order chi connectivity index (χ0) is 17.4. The van der Waals surface area contributed by atoms with Crippen molar-refractivity contribution in [1.29, 1.82) is 0 Å². The predicted octanol–water partition coefficient (Wildman–Crippen LogP) is 1.91. The van der Waals surface area contributed by atoms with Crippen molar-refractivity contribution < 1.29 is 0 Å². The lowest BCUT2D eigenvalue weighted by molar-refractivity contribution is 0.279. The molecular formula is C17H19ClN6O. The normalized spacial score (nSPS) is 21.6. The standard InChI is InChI=1S/C17H19ClN6O/c1-2-6-19-16-20-15(18)21-17(22-16)23-8-11-7-12(10-23)13-4-3-5-14(25)24(13)9-11/h2-5,11-12H,1,6-10H2,(H,19,20,21,22). The fraction of sp³-hybridized carbons (Fsp3) is 0.412. The van der Waals surface area contributed by atoms with E-state index < -0.39 is 0 Å². The molecule has 2 aromatic heterocycles. The molecule has 8 heteroatoms. The molecule has 0 saturated carbocycles. The van der Waals surface area contributed by atoms with Gasteiger partial charge in [-0.05, 0) is 30.0 Å². The van der Waals surface area contributed by atoms with Crippen LogP contribution in [0.4, 0.5) is 11.9 Å². The predicted molar refractivity (Wildman–Crippen MR) is 97.3 cm³/mol. The molecule has 2 aliphatic rings. The molecule has 1 fully saturated rings. The van der Waals surface area contributed by atoms with Gasteiger partial charge < -0.3 is 14.8 Å². The molecule has 0 aromatic carbocycles. The number of hydrogen-bond acceptors (Lipinski definition) is 6. The van der Waals surface area contributed by atoms with Gasteiger partial charge in [0, 0.05) is 43.9 Å². The van der Waals surface area contributed by atoms with Gasteiger partial charge in [-0.1, -0.05) is 12.1 Å². The van der Waals surface area contributed by atoms with Crippen LogP contribution in [0.2, 0.25) is 5.28 Å². The first-order valence-corrected chi connectivity index (χ1v) is 8.73. The molecule has 0 spiro atoms. The van der Waals surface area contributed by atoms with Gasteiger partial charge in [-0.3, -0.25) is 4.79 Å². The van der Waals surface area contributed by atoms with Crippen LogP contribution in [0.5, 0.6) is 0 Å². The summed E-state index contributed by atoms with van der Waals surface area (Å²) in [5.41, 5.74) is 1.18. The average molecular weight is 359 g/mol. The van der Waals surface area contributed by atoms with Crippen molar-refractivity contribution in [2.75, 3.05) is 29.9 Å². The number of anilines is 2. The van der Waals surface area contributed by atoms with Crippen LogP contribution in [0.3, 0.4) is 0 Å². The van der Waals surface area contributed by atoms with E-state index in [0.717, 1.165) is 31.7 Å². The Morgan fingerprint density at radius 3 is 3.00 bits per heavy atom. The first-order valence-electron chi connectivity index (χ1n) is 8.35. The Kier molecular flexibility index (Phi) is 4.17. The highest BCUT2D eigenvalue weighted by Crippen LogP contribution is 2.36. The maximum atomic E-state index is 12.1. The van der Waals surface area contributed by atoms with Crippen molar-refractivity contribution in [2.24, 2.45) is 5.92 Å². The van der Waals surface area contributed by atoms with Crippen molar-refractivity contribution in [3.05, 3.63) is 52.2 Å². The summed E-state index contributed by atoms with van der Waals surface area (Å²) in [6.45, 7) is 6.54. The summed E-state index contributed by atoms with van der Waals surface area (Å²) in [6, 6.07) is 5.51. The summed E-state index contributed by atoms with van der Waals surface area (Å²) >= 11 is 6.07. The van der Waals surface area contributed by atoms with E-state index in [-0.39, 0.29) is 10.8 Å². The van der Waals surface area contributed by atoms with E-state index in [9.17, 15) is 4.79 Å². The Morgan fingerprint density at radius 2 is 2.16 bits per heavy atom. The minimum absolute atomic E-state index is 0.0831. The van der Waals surface area contributed by atoms with Crippen LogP contribution in [0.1, 0.15) is 18.0 Å². The van der Waals surface area contributed by atoms with E-state index in [1.807, 2.05) is 16.7 Å². The number of nitrogens with zero attached hydrogens (tertiary/aromatic N) is 5. The molecule has 2 aromatic rings. The SMILES string of the molecule is C=CCNc1nc(Cl)nc(N2CC3CC(C2)c2cccc(=O)n2C3)n1. The minimum atomic E-state index is 0.0831. The largest absolute Gasteiger partial charge is 0.351 e. The lowest BCUT2D eigenvalue weighted by Gasteiger charge is -2.42. The van der Waals surface area contributed by atoms with E-state index in [0.29, 0.717) is 30.3 Å². The molecule has 0 radical (unpaired) electrons. The lowest BCUT2D eigenvalue weighted by atomic mass is 9.83. The van der Waals surface area contributed by atoms with Crippen molar-refractivity contribution >= 4 is 23.5 Å². The number of piperidine rings is 1. The van der Waals surface area contributed by atoms with Crippen LogP contribution in [0.25, 0.3) is 0 Å². The van der Waals surface area contributed by atoms with Gasteiger partial charge >= 0.3 is 0 Å². The highest BCUT2D eigenvalue weighted by molar-refractivity contribution is 6.28. The van der Waals surface area contributed by atoms with Gasteiger partial charge in [-0.2, -0.15) is 15.0 Å². The van der Waals surface area contributed by atoms with Crippen LogP contribution in [0, 0.1) is 5.92 Å². The smallest absolute Gasteiger partial charge is 0.250 e. The van der Waals surface area contributed by atoms with Gasteiger partial charge in [0.2, 0.25) is 17.2 Å². The number of fused-ring (bicyclic) bond motifs is 4. The number of halogens is 1. The Bertz CT molecular complexity index is 866. The van der Waals surface area contributed by atoms with E-state index >= 15 is 0 Å². The van der Waals surface area contributed by atoms with Crippen molar-refractivity contribution in [3.8, 4) is 0 Å². The molecule has 2 atom stereocenters. The number of nitrogens with one attached hydrogen (secondary N) is 1. The maximum Gasteiger partial charge on any atom is 0.250 e. The third-order valence-corrected chi connectivity index (χ3v) is 4.93. The van der Waals surface area contributed by atoms with Gasteiger partial charge in [-0.15, -0.1) is 6.58 Å². The monoisotopic (exact) mass is 358 g/mol. The Morgan fingerprint density at radius 1 is 1.28 bits per heavy atom. The van der Waals surface area contributed by atoms with E-state index in [4.69, 9.17) is 11.6 Å². The number of hydrogen-bond donors (Lipinski definition) is 1. The molecule has 4 heterocycles. The van der Waals surface area contributed by atoms with Crippen molar-refractivity contribution in [2.45, 2.75) is 18.9 Å². The van der Waals surface area contributed by atoms with Crippen LogP contribution >= 0.6 is 11.6 Å². The third-order valence-electron chi connectivity index (χ3n) is 4.76. The summed E-state index contributed by atoms with van der Waals surface area (Å²) in [6.07, 6.45) is 2.82. The highest BCUT2D eigenvalue weighted by Gasteiger charge is 2.35. The minimum Gasteiger partial charge on any atom is -0.351 e. The Balaban J connectivity index is 1.63. The fourth-order valence-corrected chi connectivity index (χ4v) is 3.94. The second-order valence-electron chi connectivity index (χ2n) is 6.50. The number of rotatable bonds is 4. The number of aromatic nitrogens is 4. The molecule has 2 unspecified atom stereocenters. The van der Waals surface area contributed by atoms with Crippen LogP contribution in [-0.2, 0) is 6.54 Å². The molecule has 0 amide bonds. The van der Waals surface area contributed by atoms with Gasteiger partial charge in [0.05, 0.1) is 0 Å². The molecule has 130 valence electrons. The molecule has 2 aliphatic heterocycles. The Labute approximate surface area is 150 Å². The molecule has 2 bridgehead atoms. The van der Waals surface area contributed by atoms with Crippen molar-refractivity contribution in [3.63, 3.8) is 0 Å². The summed E-state index contributed by atoms with van der Waals surface area (Å²) in [5.74, 6) is 1.71. The van der Waals surface area contributed by atoms with Crippen LogP contribution in [-0.4, -0.2) is 39.2 Å². The fourth-order valence-electron chi connectivity index (χ4n) is 3.78. The molecule has 0 aliphatic carbocycles. The van der Waals surface area contributed by atoms with E-state index in [2.05, 4.69) is 31.7 Å². The van der Waals surface area contributed by atoms with Crippen LogP contribution in [0.15, 0.2) is 35.6 Å².